The summed E-state index contributed by atoms with van der Waals surface area (Å²) in [5.41, 5.74) is -0.197. The molecule has 0 aromatic heterocycles. The van der Waals surface area contributed by atoms with Gasteiger partial charge in [-0.2, -0.15) is 0 Å². The van der Waals surface area contributed by atoms with E-state index in [0.29, 0.717) is 18.9 Å². The largest absolute Gasteiger partial charge is 0.352 e. The first kappa shape index (κ1) is 17.3. The Morgan fingerprint density at radius 2 is 1.87 bits per heavy atom. The molecular formula is C16H21F2N3O2. The fourth-order valence-corrected chi connectivity index (χ4v) is 2.42. The Morgan fingerprint density at radius 3 is 2.52 bits per heavy atom. The molecule has 126 valence electrons. The van der Waals surface area contributed by atoms with Gasteiger partial charge in [-0.25, -0.2) is 8.78 Å². The van der Waals surface area contributed by atoms with Crippen LogP contribution in [0.4, 0.5) is 8.78 Å². The van der Waals surface area contributed by atoms with Gasteiger partial charge in [-0.1, -0.05) is 0 Å². The quantitative estimate of drug-likeness (QED) is 0.829. The zero-order valence-corrected chi connectivity index (χ0v) is 13.1. The minimum Gasteiger partial charge on any atom is -0.352 e. The van der Waals surface area contributed by atoms with E-state index in [1.807, 2.05) is 11.9 Å². The van der Waals surface area contributed by atoms with Gasteiger partial charge < -0.3 is 15.1 Å². The molecule has 0 unspecified atom stereocenters. The summed E-state index contributed by atoms with van der Waals surface area (Å²) in [5, 5.41) is 2.54. The highest BCUT2D eigenvalue weighted by Gasteiger charge is 2.18. The van der Waals surface area contributed by atoms with E-state index in [4.69, 9.17) is 0 Å². The van der Waals surface area contributed by atoms with Crippen molar-refractivity contribution in [1.29, 1.82) is 0 Å². The molecule has 1 N–H and O–H groups in total. The highest BCUT2D eigenvalue weighted by Crippen LogP contribution is 2.09. The summed E-state index contributed by atoms with van der Waals surface area (Å²) in [6.45, 7) is 3.46. The molecule has 0 bridgehead atoms. The maximum atomic E-state index is 13.4. The molecular weight excluding hydrogens is 304 g/mol. The van der Waals surface area contributed by atoms with Crippen molar-refractivity contribution in [3.63, 3.8) is 0 Å². The molecule has 1 aliphatic rings. The third kappa shape index (κ3) is 4.99. The Balaban J connectivity index is 1.70. The van der Waals surface area contributed by atoms with Gasteiger partial charge in [0, 0.05) is 45.2 Å². The van der Waals surface area contributed by atoms with Crippen LogP contribution in [0, 0.1) is 11.6 Å². The Bertz CT molecular complexity index is 572. The minimum absolute atomic E-state index is 0.0697. The smallest absolute Gasteiger partial charge is 0.254 e. The number of carbonyl (C=O) groups is 2. The SMILES string of the molecule is CN1CCN(C(=O)CCCNC(=O)c2ccc(F)cc2F)CC1. The van der Waals surface area contributed by atoms with Crippen molar-refractivity contribution < 1.29 is 18.4 Å². The van der Waals surface area contributed by atoms with Crippen LogP contribution in [0.2, 0.25) is 0 Å². The molecule has 5 nitrogen and oxygen atoms in total. The number of amides is 2. The van der Waals surface area contributed by atoms with Gasteiger partial charge in [0.15, 0.2) is 0 Å². The van der Waals surface area contributed by atoms with Crippen LogP contribution < -0.4 is 5.32 Å². The average Bonchev–Trinajstić information content (AvgIpc) is 2.51. The van der Waals surface area contributed by atoms with Crippen LogP contribution in [-0.2, 0) is 4.79 Å². The van der Waals surface area contributed by atoms with Crippen molar-refractivity contribution in [2.24, 2.45) is 0 Å². The third-order valence-electron chi connectivity index (χ3n) is 3.88. The normalized spacial score (nSPS) is 15.5. The highest BCUT2D eigenvalue weighted by molar-refractivity contribution is 5.94. The van der Waals surface area contributed by atoms with Crippen molar-refractivity contribution in [1.82, 2.24) is 15.1 Å². The number of carbonyl (C=O) groups excluding carboxylic acids is 2. The predicted molar refractivity (Wildman–Crippen MR) is 82.0 cm³/mol. The molecule has 1 aliphatic heterocycles. The molecule has 7 heteroatoms. The number of likely N-dealkylation sites (N-methyl/N-ethyl adjacent to an activating group) is 1. The lowest BCUT2D eigenvalue weighted by Crippen LogP contribution is -2.47. The van der Waals surface area contributed by atoms with Crippen LogP contribution in [0.5, 0.6) is 0 Å². The Morgan fingerprint density at radius 1 is 1.17 bits per heavy atom. The maximum absolute atomic E-state index is 13.4. The Kier molecular flexibility index (Phi) is 6.04. The molecule has 0 atom stereocenters. The summed E-state index contributed by atoms with van der Waals surface area (Å²) >= 11 is 0. The molecule has 0 saturated carbocycles. The molecule has 2 amide bonds. The second kappa shape index (κ2) is 8.01. The molecule has 23 heavy (non-hydrogen) atoms. The summed E-state index contributed by atoms with van der Waals surface area (Å²) < 4.78 is 26.2. The number of hydrogen-bond donors (Lipinski definition) is 1. The summed E-state index contributed by atoms with van der Waals surface area (Å²) in [4.78, 5) is 27.8. The van der Waals surface area contributed by atoms with Crippen molar-refractivity contribution in [2.75, 3.05) is 39.8 Å². The zero-order valence-electron chi connectivity index (χ0n) is 13.1. The van der Waals surface area contributed by atoms with E-state index in [-0.39, 0.29) is 18.0 Å². The molecule has 0 spiro atoms. The first-order valence-electron chi connectivity index (χ1n) is 7.67. The fraction of sp³-hybridized carbons (Fsp3) is 0.500. The zero-order chi connectivity index (χ0) is 16.8. The molecule has 1 saturated heterocycles. The lowest BCUT2D eigenvalue weighted by Gasteiger charge is -2.32. The lowest BCUT2D eigenvalue weighted by atomic mass is 10.2. The lowest BCUT2D eigenvalue weighted by molar-refractivity contribution is -0.132. The number of hydrogen-bond acceptors (Lipinski definition) is 3. The van der Waals surface area contributed by atoms with E-state index >= 15 is 0 Å². The van der Waals surface area contributed by atoms with E-state index < -0.39 is 17.5 Å². The van der Waals surface area contributed by atoms with Crippen LogP contribution in [0.15, 0.2) is 18.2 Å². The van der Waals surface area contributed by atoms with Crippen LogP contribution in [0.1, 0.15) is 23.2 Å². The van der Waals surface area contributed by atoms with Gasteiger partial charge >= 0.3 is 0 Å². The van der Waals surface area contributed by atoms with Crippen LogP contribution in [-0.4, -0.2) is 61.4 Å². The highest BCUT2D eigenvalue weighted by atomic mass is 19.1. The van der Waals surface area contributed by atoms with E-state index in [0.717, 1.165) is 38.3 Å². The monoisotopic (exact) mass is 325 g/mol. The number of piperazine rings is 1. The van der Waals surface area contributed by atoms with Gasteiger partial charge in [0.05, 0.1) is 5.56 Å². The first-order chi connectivity index (χ1) is 11.0. The number of nitrogens with zero attached hydrogens (tertiary/aromatic N) is 2. The Hall–Kier alpha value is -2.02. The summed E-state index contributed by atoms with van der Waals surface area (Å²) in [6.07, 6.45) is 0.829. The van der Waals surface area contributed by atoms with Crippen molar-refractivity contribution >= 4 is 11.8 Å². The molecule has 0 radical (unpaired) electrons. The molecule has 1 fully saturated rings. The van der Waals surface area contributed by atoms with Crippen molar-refractivity contribution in [3.05, 3.63) is 35.4 Å². The first-order valence-corrected chi connectivity index (χ1v) is 7.67. The topological polar surface area (TPSA) is 52.6 Å². The van der Waals surface area contributed by atoms with Gasteiger partial charge in [0.25, 0.3) is 5.91 Å². The van der Waals surface area contributed by atoms with Crippen molar-refractivity contribution in [3.8, 4) is 0 Å². The van der Waals surface area contributed by atoms with Gasteiger partial charge in [0.1, 0.15) is 11.6 Å². The number of benzene rings is 1. The van der Waals surface area contributed by atoms with Crippen LogP contribution >= 0.6 is 0 Å². The number of nitrogens with one attached hydrogen (secondary N) is 1. The van der Waals surface area contributed by atoms with Crippen LogP contribution in [0.25, 0.3) is 0 Å². The van der Waals surface area contributed by atoms with E-state index in [1.165, 1.54) is 0 Å². The van der Waals surface area contributed by atoms with E-state index in [9.17, 15) is 18.4 Å². The van der Waals surface area contributed by atoms with Crippen LogP contribution in [0.3, 0.4) is 0 Å². The summed E-state index contributed by atoms with van der Waals surface area (Å²) in [5.74, 6) is -2.15. The van der Waals surface area contributed by atoms with Gasteiger partial charge in [0.2, 0.25) is 5.91 Å². The third-order valence-corrected chi connectivity index (χ3v) is 3.88. The Labute approximate surface area is 134 Å². The molecule has 1 aromatic rings. The molecule has 1 aromatic carbocycles. The standard InChI is InChI=1S/C16H21F2N3O2/c1-20-7-9-21(10-8-20)15(22)3-2-6-19-16(23)13-5-4-12(17)11-14(13)18/h4-5,11H,2-3,6-10H2,1H3,(H,19,23). The van der Waals surface area contributed by atoms with Gasteiger partial charge in [-0.3, -0.25) is 9.59 Å². The molecule has 0 aliphatic carbocycles. The number of rotatable bonds is 5. The van der Waals surface area contributed by atoms with E-state index in [1.54, 1.807) is 0 Å². The second-order valence-electron chi connectivity index (χ2n) is 5.67. The maximum Gasteiger partial charge on any atom is 0.254 e. The summed E-state index contributed by atoms with van der Waals surface area (Å²) in [6, 6.07) is 2.82. The average molecular weight is 325 g/mol. The number of halogens is 2. The second-order valence-corrected chi connectivity index (χ2v) is 5.67. The molecule has 2 rings (SSSR count). The molecule has 1 heterocycles. The predicted octanol–water partition coefficient (Wildman–Crippen LogP) is 1.25. The van der Waals surface area contributed by atoms with Gasteiger partial charge in [-0.15, -0.1) is 0 Å². The van der Waals surface area contributed by atoms with Gasteiger partial charge in [-0.05, 0) is 25.6 Å². The van der Waals surface area contributed by atoms with Crippen molar-refractivity contribution in [2.45, 2.75) is 12.8 Å². The summed E-state index contributed by atoms with van der Waals surface area (Å²) in [7, 11) is 2.02. The van der Waals surface area contributed by atoms with E-state index in [2.05, 4.69) is 10.2 Å². The fourth-order valence-electron chi connectivity index (χ4n) is 2.42. The minimum atomic E-state index is -0.893.